The predicted octanol–water partition coefficient (Wildman–Crippen LogP) is 2.59. The van der Waals surface area contributed by atoms with E-state index < -0.39 is 0 Å². The van der Waals surface area contributed by atoms with Gasteiger partial charge in [-0.2, -0.15) is 0 Å². The molecule has 0 spiro atoms. The van der Waals surface area contributed by atoms with E-state index in [1.54, 1.807) is 0 Å². The number of imidazole rings is 1. The molecule has 0 saturated carbocycles. The zero-order valence-electron chi connectivity index (χ0n) is 7.02. The van der Waals surface area contributed by atoms with Gasteiger partial charge in [-0.05, 0) is 18.2 Å². The van der Waals surface area contributed by atoms with Crippen LogP contribution in [0.5, 0.6) is 0 Å². The molecular formula is C10H9ClN2. The largest absolute Gasteiger partial charge is 0.300 e. The zero-order chi connectivity index (χ0) is 9.10. The van der Waals surface area contributed by atoms with Crippen LogP contribution in [0.1, 0.15) is 5.69 Å². The van der Waals surface area contributed by atoms with Crippen molar-refractivity contribution >= 4 is 23.3 Å². The molecule has 0 aromatic carbocycles. The van der Waals surface area contributed by atoms with E-state index in [2.05, 4.69) is 4.98 Å². The van der Waals surface area contributed by atoms with E-state index in [-0.39, 0.29) is 0 Å². The topological polar surface area (TPSA) is 17.3 Å². The maximum Gasteiger partial charge on any atom is 0.137 e. The molecule has 0 aliphatic rings. The Labute approximate surface area is 81.5 Å². The molecule has 2 aromatic heterocycles. The van der Waals surface area contributed by atoms with Crippen molar-refractivity contribution in [3.8, 4) is 0 Å². The number of pyridine rings is 1. The van der Waals surface area contributed by atoms with Crippen LogP contribution in [-0.4, -0.2) is 15.3 Å². The molecule has 0 fully saturated rings. The number of hydrogen-bond donors (Lipinski definition) is 0. The zero-order valence-corrected chi connectivity index (χ0v) is 7.78. The van der Waals surface area contributed by atoms with Gasteiger partial charge in [-0.25, -0.2) is 4.98 Å². The van der Waals surface area contributed by atoms with Crippen molar-refractivity contribution < 1.29 is 0 Å². The van der Waals surface area contributed by atoms with Crippen LogP contribution in [0.2, 0.25) is 0 Å². The predicted molar refractivity (Wildman–Crippen MR) is 54.9 cm³/mol. The minimum absolute atomic E-state index is 0.528. The maximum atomic E-state index is 5.55. The molecule has 3 heteroatoms. The van der Waals surface area contributed by atoms with Crippen molar-refractivity contribution in [2.24, 2.45) is 0 Å². The molecule has 2 aromatic rings. The van der Waals surface area contributed by atoms with E-state index in [0.29, 0.717) is 5.88 Å². The molecule has 0 aliphatic heterocycles. The van der Waals surface area contributed by atoms with Gasteiger partial charge in [0, 0.05) is 12.1 Å². The minimum atomic E-state index is 0.528. The van der Waals surface area contributed by atoms with Gasteiger partial charge in [-0.3, -0.25) is 0 Å². The molecule has 0 radical (unpaired) electrons. The van der Waals surface area contributed by atoms with Gasteiger partial charge < -0.3 is 4.40 Å². The first kappa shape index (κ1) is 8.32. The number of fused-ring (bicyclic) bond motifs is 1. The maximum absolute atomic E-state index is 5.55. The molecule has 0 amide bonds. The molecule has 2 heterocycles. The van der Waals surface area contributed by atoms with Gasteiger partial charge in [-0.1, -0.05) is 12.1 Å². The van der Waals surface area contributed by atoms with Gasteiger partial charge in [-0.15, -0.1) is 11.6 Å². The third kappa shape index (κ3) is 1.58. The molecule has 0 unspecified atom stereocenters. The van der Waals surface area contributed by atoms with Gasteiger partial charge in [0.15, 0.2) is 0 Å². The summed E-state index contributed by atoms with van der Waals surface area (Å²) in [5.74, 6) is 0.528. The molecule has 0 bridgehead atoms. The lowest BCUT2D eigenvalue weighted by Gasteiger charge is -1.93. The first-order valence-electron chi connectivity index (χ1n) is 4.06. The van der Waals surface area contributed by atoms with E-state index in [0.717, 1.165) is 11.3 Å². The van der Waals surface area contributed by atoms with Crippen molar-refractivity contribution in [2.45, 2.75) is 0 Å². The average molecular weight is 193 g/mol. The standard InChI is InChI=1S/C10H9ClN2/c11-6-3-4-9-8-12-10-5-1-2-7-13(9)10/h1-5,7-8H,6H2. The van der Waals surface area contributed by atoms with Gasteiger partial charge in [0.25, 0.3) is 0 Å². The van der Waals surface area contributed by atoms with Crippen LogP contribution in [0, 0.1) is 0 Å². The summed E-state index contributed by atoms with van der Waals surface area (Å²) in [6, 6.07) is 5.92. The first-order chi connectivity index (χ1) is 6.42. The number of alkyl halides is 1. The highest BCUT2D eigenvalue weighted by atomic mass is 35.5. The molecular weight excluding hydrogens is 184 g/mol. The van der Waals surface area contributed by atoms with E-state index >= 15 is 0 Å². The summed E-state index contributed by atoms with van der Waals surface area (Å²) in [6.07, 6.45) is 7.68. The summed E-state index contributed by atoms with van der Waals surface area (Å²) in [5, 5.41) is 0. The molecule has 0 N–H and O–H groups in total. The molecule has 0 atom stereocenters. The average Bonchev–Trinajstić information content (AvgIpc) is 2.58. The fraction of sp³-hybridized carbons (Fsp3) is 0.100. The van der Waals surface area contributed by atoms with Crippen LogP contribution in [0.25, 0.3) is 11.7 Å². The molecule has 2 nitrogen and oxygen atoms in total. The number of nitrogens with zero attached hydrogens (tertiary/aromatic N) is 2. The highest BCUT2D eigenvalue weighted by Gasteiger charge is 1.96. The first-order valence-corrected chi connectivity index (χ1v) is 4.60. The third-order valence-corrected chi connectivity index (χ3v) is 2.00. The van der Waals surface area contributed by atoms with Crippen molar-refractivity contribution in [3.05, 3.63) is 42.4 Å². The summed E-state index contributed by atoms with van der Waals surface area (Å²) in [4.78, 5) is 4.24. The van der Waals surface area contributed by atoms with Crippen LogP contribution in [0.3, 0.4) is 0 Å². The normalized spacial score (nSPS) is 11.5. The number of aromatic nitrogens is 2. The second-order valence-corrected chi connectivity index (χ2v) is 2.98. The van der Waals surface area contributed by atoms with Crippen LogP contribution >= 0.6 is 11.6 Å². The Bertz CT molecular complexity index is 431. The fourth-order valence-corrected chi connectivity index (χ4v) is 1.33. The Morgan fingerprint density at radius 2 is 2.38 bits per heavy atom. The van der Waals surface area contributed by atoms with Gasteiger partial charge in [0.05, 0.1) is 11.9 Å². The van der Waals surface area contributed by atoms with Crippen LogP contribution in [-0.2, 0) is 0 Å². The Morgan fingerprint density at radius 3 is 3.23 bits per heavy atom. The third-order valence-electron chi connectivity index (χ3n) is 1.82. The molecule has 0 saturated heterocycles. The monoisotopic (exact) mass is 192 g/mol. The second kappa shape index (κ2) is 3.62. The Hall–Kier alpha value is -1.28. The lowest BCUT2D eigenvalue weighted by Crippen LogP contribution is -1.84. The van der Waals surface area contributed by atoms with E-state index in [1.807, 2.05) is 47.1 Å². The summed E-state index contributed by atoms with van der Waals surface area (Å²) >= 11 is 5.55. The highest BCUT2D eigenvalue weighted by molar-refractivity contribution is 6.19. The van der Waals surface area contributed by atoms with Crippen molar-refractivity contribution in [1.29, 1.82) is 0 Å². The molecule has 2 rings (SSSR count). The number of allylic oxidation sites excluding steroid dienone is 1. The molecule has 13 heavy (non-hydrogen) atoms. The van der Waals surface area contributed by atoms with Gasteiger partial charge in [0.2, 0.25) is 0 Å². The lowest BCUT2D eigenvalue weighted by molar-refractivity contribution is 1.17. The number of rotatable bonds is 2. The van der Waals surface area contributed by atoms with Crippen molar-refractivity contribution in [2.75, 3.05) is 5.88 Å². The SMILES string of the molecule is ClCC=Cc1cnc2ccccn12. The molecule has 66 valence electrons. The van der Waals surface area contributed by atoms with Gasteiger partial charge in [0.1, 0.15) is 5.65 Å². The van der Waals surface area contributed by atoms with E-state index in [1.165, 1.54) is 0 Å². The minimum Gasteiger partial charge on any atom is -0.300 e. The van der Waals surface area contributed by atoms with Gasteiger partial charge >= 0.3 is 0 Å². The van der Waals surface area contributed by atoms with E-state index in [4.69, 9.17) is 11.6 Å². The smallest absolute Gasteiger partial charge is 0.137 e. The summed E-state index contributed by atoms with van der Waals surface area (Å²) < 4.78 is 2.02. The molecule has 0 aliphatic carbocycles. The van der Waals surface area contributed by atoms with Crippen LogP contribution in [0.15, 0.2) is 36.7 Å². The lowest BCUT2D eigenvalue weighted by atomic mass is 10.4. The Kier molecular flexibility index (Phi) is 2.32. The highest BCUT2D eigenvalue weighted by Crippen LogP contribution is 2.07. The van der Waals surface area contributed by atoms with E-state index in [9.17, 15) is 0 Å². The summed E-state index contributed by atoms with van der Waals surface area (Å²) in [7, 11) is 0. The second-order valence-electron chi connectivity index (χ2n) is 2.67. The van der Waals surface area contributed by atoms with Crippen LogP contribution < -0.4 is 0 Å². The van der Waals surface area contributed by atoms with Crippen molar-refractivity contribution in [3.63, 3.8) is 0 Å². The Morgan fingerprint density at radius 1 is 1.46 bits per heavy atom. The number of halogens is 1. The van der Waals surface area contributed by atoms with Crippen LogP contribution in [0.4, 0.5) is 0 Å². The summed E-state index contributed by atoms with van der Waals surface area (Å²) in [5.41, 5.74) is 2.01. The summed E-state index contributed by atoms with van der Waals surface area (Å²) in [6.45, 7) is 0. The van der Waals surface area contributed by atoms with Crippen molar-refractivity contribution in [1.82, 2.24) is 9.38 Å². The quantitative estimate of drug-likeness (QED) is 0.669. The fourth-order valence-electron chi connectivity index (χ4n) is 1.24. The number of hydrogen-bond acceptors (Lipinski definition) is 1. The Balaban J connectivity index is 2.52.